The molecule has 0 aliphatic heterocycles. The maximum atomic E-state index is 12.2. The van der Waals surface area contributed by atoms with Crippen LogP contribution in [0.5, 0.6) is 5.75 Å². The maximum Gasteiger partial charge on any atom is 0.307 e. The molecule has 3 rings (SSSR count). The number of nitrogens with one attached hydrogen (secondary N) is 1. The van der Waals surface area contributed by atoms with E-state index in [1.54, 1.807) is 25.5 Å². The van der Waals surface area contributed by atoms with Crippen LogP contribution in [-0.2, 0) is 6.42 Å². The zero-order valence-electron chi connectivity index (χ0n) is 14.2. The Labute approximate surface area is 159 Å². The van der Waals surface area contributed by atoms with Gasteiger partial charge in [0.15, 0.2) is 5.76 Å². The molecule has 0 fully saturated rings. The Hall–Kier alpha value is -2.86. The van der Waals surface area contributed by atoms with Gasteiger partial charge in [0, 0.05) is 5.39 Å². The van der Waals surface area contributed by atoms with Gasteiger partial charge in [0.1, 0.15) is 11.3 Å². The number of carbonyl (C=O) groups is 1. The third-order valence-corrected chi connectivity index (χ3v) is 4.33. The van der Waals surface area contributed by atoms with Gasteiger partial charge in [-0.1, -0.05) is 24.3 Å². The SMILES string of the molecule is C=CCc1cc(/C=N/NC(=O)c2cc3ccccc3o2)cc(Br)c1OC. The highest BCUT2D eigenvalue weighted by atomic mass is 79.9. The minimum atomic E-state index is -0.406. The van der Waals surface area contributed by atoms with Crippen LogP contribution in [0.25, 0.3) is 11.0 Å². The minimum Gasteiger partial charge on any atom is -0.495 e. The van der Waals surface area contributed by atoms with E-state index in [1.165, 1.54) is 0 Å². The van der Waals surface area contributed by atoms with E-state index in [9.17, 15) is 4.79 Å². The number of carbonyl (C=O) groups excluding carboxylic acids is 1. The number of halogens is 1. The average molecular weight is 413 g/mol. The standard InChI is InChI=1S/C20H17BrN2O3/c1-3-6-15-9-13(10-16(21)19(15)25-2)12-22-23-20(24)18-11-14-7-4-5-8-17(14)26-18/h3-5,7-12H,1,6H2,2H3,(H,23,24)/b22-12+. The number of hydrogen-bond donors (Lipinski definition) is 1. The van der Waals surface area contributed by atoms with Crippen molar-refractivity contribution in [3.8, 4) is 5.75 Å². The third kappa shape index (κ3) is 3.86. The van der Waals surface area contributed by atoms with Crippen LogP contribution in [0.3, 0.4) is 0 Å². The predicted molar refractivity (Wildman–Crippen MR) is 106 cm³/mol. The number of hydrazone groups is 1. The first-order valence-corrected chi connectivity index (χ1v) is 8.71. The van der Waals surface area contributed by atoms with E-state index < -0.39 is 5.91 Å². The summed E-state index contributed by atoms with van der Waals surface area (Å²) in [5.74, 6) is 0.566. The molecule has 0 saturated carbocycles. The molecular weight excluding hydrogens is 396 g/mol. The van der Waals surface area contributed by atoms with Crippen molar-refractivity contribution >= 4 is 39.0 Å². The number of amides is 1. The highest BCUT2D eigenvalue weighted by Crippen LogP contribution is 2.30. The molecule has 1 amide bonds. The number of ether oxygens (including phenoxy) is 1. The van der Waals surface area contributed by atoms with Gasteiger partial charge in [-0.3, -0.25) is 4.79 Å². The first kappa shape index (κ1) is 17.9. The number of allylic oxidation sites excluding steroid dienone is 1. The molecule has 0 aliphatic rings. The van der Waals surface area contributed by atoms with Crippen molar-refractivity contribution in [2.45, 2.75) is 6.42 Å². The van der Waals surface area contributed by atoms with E-state index in [0.717, 1.165) is 26.7 Å². The van der Waals surface area contributed by atoms with E-state index in [-0.39, 0.29) is 5.76 Å². The second kappa shape index (κ2) is 8.01. The number of rotatable bonds is 6. The normalized spacial score (nSPS) is 11.0. The fourth-order valence-electron chi connectivity index (χ4n) is 2.60. The maximum absolute atomic E-state index is 12.2. The number of benzene rings is 2. The van der Waals surface area contributed by atoms with Gasteiger partial charge < -0.3 is 9.15 Å². The van der Waals surface area contributed by atoms with Crippen molar-refractivity contribution < 1.29 is 13.9 Å². The number of methoxy groups -OCH3 is 1. The second-order valence-corrected chi connectivity index (χ2v) is 6.39. The molecule has 0 aliphatic carbocycles. The lowest BCUT2D eigenvalue weighted by molar-refractivity contribution is 0.0929. The average Bonchev–Trinajstić information content (AvgIpc) is 3.06. The fourth-order valence-corrected chi connectivity index (χ4v) is 3.28. The molecule has 0 unspecified atom stereocenters. The van der Waals surface area contributed by atoms with Crippen molar-refractivity contribution in [3.63, 3.8) is 0 Å². The number of hydrogen-bond acceptors (Lipinski definition) is 4. The Bertz CT molecular complexity index is 959. The zero-order valence-corrected chi connectivity index (χ0v) is 15.7. The van der Waals surface area contributed by atoms with Crippen molar-refractivity contribution in [2.24, 2.45) is 5.10 Å². The monoisotopic (exact) mass is 412 g/mol. The summed E-state index contributed by atoms with van der Waals surface area (Å²) in [6.45, 7) is 3.76. The van der Waals surface area contributed by atoms with E-state index >= 15 is 0 Å². The molecule has 132 valence electrons. The lowest BCUT2D eigenvalue weighted by Crippen LogP contribution is -2.16. The smallest absolute Gasteiger partial charge is 0.307 e. The molecule has 5 nitrogen and oxygen atoms in total. The molecule has 0 atom stereocenters. The quantitative estimate of drug-likeness (QED) is 0.362. The second-order valence-electron chi connectivity index (χ2n) is 5.54. The molecule has 2 aromatic carbocycles. The van der Waals surface area contributed by atoms with Gasteiger partial charge in [0.05, 0.1) is 17.8 Å². The Morgan fingerprint density at radius 2 is 2.15 bits per heavy atom. The van der Waals surface area contributed by atoms with Crippen LogP contribution in [0.1, 0.15) is 21.7 Å². The zero-order chi connectivity index (χ0) is 18.5. The molecule has 3 aromatic rings. The molecule has 1 aromatic heterocycles. The van der Waals surface area contributed by atoms with Crippen molar-refractivity contribution in [3.05, 3.63) is 76.5 Å². The Morgan fingerprint density at radius 1 is 1.35 bits per heavy atom. The summed E-state index contributed by atoms with van der Waals surface area (Å²) in [5.41, 5.74) is 4.93. The Kier molecular flexibility index (Phi) is 5.53. The van der Waals surface area contributed by atoms with Gasteiger partial charge in [-0.05, 0) is 57.7 Å². The highest BCUT2D eigenvalue weighted by Gasteiger charge is 2.11. The van der Waals surface area contributed by atoms with E-state index in [4.69, 9.17) is 9.15 Å². The molecular formula is C20H17BrN2O3. The van der Waals surface area contributed by atoms with Crippen molar-refractivity contribution in [2.75, 3.05) is 7.11 Å². The van der Waals surface area contributed by atoms with Crippen molar-refractivity contribution in [1.82, 2.24) is 5.43 Å². The van der Waals surface area contributed by atoms with Crippen LogP contribution in [-0.4, -0.2) is 19.2 Å². The number of para-hydroxylation sites is 1. The van der Waals surface area contributed by atoms with Crippen LogP contribution in [0.2, 0.25) is 0 Å². The predicted octanol–water partition coefficient (Wildman–Crippen LogP) is 4.70. The number of furan rings is 1. The summed E-state index contributed by atoms with van der Waals surface area (Å²) >= 11 is 3.48. The minimum absolute atomic E-state index is 0.214. The van der Waals surface area contributed by atoms with Crippen LogP contribution >= 0.6 is 15.9 Å². The summed E-state index contributed by atoms with van der Waals surface area (Å²) in [6, 6.07) is 12.9. The van der Waals surface area contributed by atoms with E-state index in [1.807, 2.05) is 36.4 Å². The van der Waals surface area contributed by atoms with E-state index in [0.29, 0.717) is 12.0 Å². The topological polar surface area (TPSA) is 63.8 Å². The van der Waals surface area contributed by atoms with Crippen LogP contribution < -0.4 is 10.2 Å². The molecule has 26 heavy (non-hydrogen) atoms. The summed E-state index contributed by atoms with van der Waals surface area (Å²) in [6.07, 6.45) is 4.03. The molecule has 6 heteroatoms. The van der Waals surface area contributed by atoms with Gasteiger partial charge in [0.2, 0.25) is 0 Å². The largest absolute Gasteiger partial charge is 0.495 e. The van der Waals surface area contributed by atoms with Gasteiger partial charge in [-0.25, -0.2) is 5.43 Å². The Balaban J connectivity index is 1.75. The molecule has 1 N–H and O–H groups in total. The lowest BCUT2D eigenvalue weighted by atomic mass is 10.1. The number of fused-ring (bicyclic) bond motifs is 1. The molecule has 0 radical (unpaired) electrons. The summed E-state index contributed by atoms with van der Waals surface area (Å²) in [7, 11) is 1.62. The fraction of sp³-hybridized carbons (Fsp3) is 0.100. The molecule has 0 saturated heterocycles. The van der Waals surface area contributed by atoms with Crippen LogP contribution in [0, 0.1) is 0 Å². The first-order chi connectivity index (χ1) is 12.6. The van der Waals surface area contributed by atoms with Gasteiger partial charge in [0.25, 0.3) is 0 Å². The molecule has 0 bridgehead atoms. The van der Waals surface area contributed by atoms with Gasteiger partial charge >= 0.3 is 5.91 Å². The summed E-state index contributed by atoms with van der Waals surface area (Å²) < 4.78 is 11.7. The number of nitrogens with zero attached hydrogens (tertiary/aromatic N) is 1. The summed E-state index contributed by atoms with van der Waals surface area (Å²) in [4.78, 5) is 12.2. The van der Waals surface area contributed by atoms with E-state index in [2.05, 4.69) is 33.0 Å². The van der Waals surface area contributed by atoms with Gasteiger partial charge in [-0.2, -0.15) is 5.10 Å². The molecule has 0 spiro atoms. The van der Waals surface area contributed by atoms with Gasteiger partial charge in [-0.15, -0.1) is 6.58 Å². The summed E-state index contributed by atoms with van der Waals surface area (Å²) in [5, 5.41) is 4.88. The van der Waals surface area contributed by atoms with Crippen LogP contribution in [0.15, 0.2) is 69.1 Å². The lowest BCUT2D eigenvalue weighted by Gasteiger charge is -2.10. The third-order valence-electron chi connectivity index (χ3n) is 3.74. The Morgan fingerprint density at radius 3 is 2.88 bits per heavy atom. The van der Waals surface area contributed by atoms with Crippen molar-refractivity contribution in [1.29, 1.82) is 0 Å². The highest BCUT2D eigenvalue weighted by molar-refractivity contribution is 9.10. The van der Waals surface area contributed by atoms with Crippen LogP contribution in [0.4, 0.5) is 0 Å². The molecule has 1 heterocycles. The first-order valence-electron chi connectivity index (χ1n) is 7.91.